The van der Waals surface area contributed by atoms with Gasteiger partial charge in [0.15, 0.2) is 0 Å². The fraction of sp³-hybridized carbons (Fsp3) is 0.444. The Hall–Kier alpha value is -2.90. The first-order valence-electron chi connectivity index (χ1n) is 8.60. The molecule has 0 aromatic heterocycles. The first-order chi connectivity index (χ1) is 12.4. The highest BCUT2D eigenvalue weighted by atomic mass is 16.6. The Kier molecular flexibility index (Phi) is 4.92. The lowest BCUT2D eigenvalue weighted by molar-refractivity contribution is -0.384. The van der Waals surface area contributed by atoms with Crippen LogP contribution in [-0.2, 0) is 9.53 Å². The van der Waals surface area contributed by atoms with Gasteiger partial charge in [0.25, 0.3) is 5.69 Å². The second-order valence-electron chi connectivity index (χ2n) is 6.77. The molecular weight excluding hydrogens is 338 g/mol. The van der Waals surface area contributed by atoms with Gasteiger partial charge in [0, 0.05) is 17.8 Å². The predicted octanol–water partition coefficient (Wildman–Crippen LogP) is 2.95. The highest BCUT2D eigenvalue weighted by Gasteiger charge is 2.35. The van der Waals surface area contributed by atoms with Gasteiger partial charge >= 0.3 is 12.0 Å². The number of amides is 2. The average Bonchev–Trinajstić information content (AvgIpc) is 2.99. The van der Waals surface area contributed by atoms with E-state index in [0.717, 1.165) is 19.3 Å². The number of hydrogen-bond acceptors (Lipinski definition) is 5. The predicted molar refractivity (Wildman–Crippen MR) is 93.1 cm³/mol. The number of rotatable bonds is 4. The molecule has 3 rings (SSSR count). The van der Waals surface area contributed by atoms with Crippen molar-refractivity contribution in [2.75, 3.05) is 0 Å². The molecule has 3 atom stereocenters. The summed E-state index contributed by atoms with van der Waals surface area (Å²) in [6.45, 7) is 3.67. The van der Waals surface area contributed by atoms with E-state index in [1.165, 1.54) is 18.2 Å². The number of non-ortho nitro benzene ring substituents is 1. The van der Waals surface area contributed by atoms with Gasteiger partial charge in [0.1, 0.15) is 6.10 Å². The van der Waals surface area contributed by atoms with Crippen LogP contribution in [0.4, 0.5) is 10.5 Å². The fourth-order valence-corrected chi connectivity index (χ4v) is 3.52. The van der Waals surface area contributed by atoms with Gasteiger partial charge in [-0.3, -0.25) is 10.1 Å². The third-order valence-electron chi connectivity index (χ3n) is 4.94. The molecule has 0 saturated heterocycles. The minimum Gasteiger partial charge on any atom is -0.459 e. The monoisotopic (exact) mass is 359 g/mol. The van der Waals surface area contributed by atoms with Crippen LogP contribution in [0.2, 0.25) is 0 Å². The summed E-state index contributed by atoms with van der Waals surface area (Å²) in [4.78, 5) is 35.2. The van der Waals surface area contributed by atoms with E-state index in [2.05, 4.69) is 10.6 Å². The molecule has 2 aliphatic rings. The number of allylic oxidation sites excluding steroid dienone is 1. The van der Waals surface area contributed by atoms with Gasteiger partial charge in [0.05, 0.1) is 16.5 Å². The highest BCUT2D eigenvalue weighted by Crippen LogP contribution is 2.33. The highest BCUT2D eigenvalue weighted by molar-refractivity contribution is 5.95. The van der Waals surface area contributed by atoms with Crippen molar-refractivity contribution in [1.29, 1.82) is 0 Å². The maximum absolute atomic E-state index is 12.8. The summed E-state index contributed by atoms with van der Waals surface area (Å²) in [5, 5.41) is 16.3. The maximum atomic E-state index is 12.8. The van der Waals surface area contributed by atoms with Crippen LogP contribution in [-0.4, -0.2) is 23.0 Å². The molecule has 1 aliphatic carbocycles. The number of hydrogen-bond donors (Lipinski definition) is 2. The number of benzene rings is 1. The van der Waals surface area contributed by atoms with E-state index in [4.69, 9.17) is 4.74 Å². The quantitative estimate of drug-likeness (QED) is 0.488. The van der Waals surface area contributed by atoms with Crippen LogP contribution in [0.5, 0.6) is 0 Å². The molecule has 0 unspecified atom stereocenters. The number of nitrogens with one attached hydrogen (secondary N) is 2. The Bertz CT molecular complexity index is 789. The van der Waals surface area contributed by atoms with Crippen LogP contribution in [0.25, 0.3) is 0 Å². The third-order valence-corrected chi connectivity index (χ3v) is 4.94. The molecule has 1 fully saturated rings. The second kappa shape index (κ2) is 7.15. The zero-order valence-electron chi connectivity index (χ0n) is 14.7. The first-order valence-corrected chi connectivity index (χ1v) is 8.60. The van der Waals surface area contributed by atoms with Crippen LogP contribution in [0.3, 0.4) is 0 Å². The Morgan fingerprint density at radius 1 is 1.35 bits per heavy atom. The standard InChI is InChI=1S/C18H21N3O5/c1-10-5-3-8-14(10)26-17(22)15-11(2)19-18(23)20-16(15)12-6-4-7-13(9-12)21(24)25/h4,6-7,9-10,14,16H,3,5,8H2,1-2H3,(H2,19,20,23)/t10-,14-,16+/m0/s1. The molecule has 2 amide bonds. The number of ether oxygens (including phenoxy) is 1. The number of esters is 1. The zero-order valence-corrected chi connectivity index (χ0v) is 14.7. The molecule has 8 heteroatoms. The van der Waals surface area contributed by atoms with Gasteiger partial charge in [-0.2, -0.15) is 0 Å². The lowest BCUT2D eigenvalue weighted by Crippen LogP contribution is -2.45. The molecule has 138 valence electrons. The van der Waals surface area contributed by atoms with E-state index in [1.807, 2.05) is 6.92 Å². The van der Waals surface area contributed by atoms with Crippen molar-refractivity contribution in [2.45, 2.75) is 45.3 Å². The maximum Gasteiger partial charge on any atom is 0.338 e. The van der Waals surface area contributed by atoms with Gasteiger partial charge < -0.3 is 15.4 Å². The third kappa shape index (κ3) is 3.54. The average molecular weight is 359 g/mol. The number of carbonyl (C=O) groups excluding carboxylic acids is 2. The van der Waals surface area contributed by atoms with E-state index in [-0.39, 0.29) is 17.4 Å². The zero-order chi connectivity index (χ0) is 18.8. The number of carbonyl (C=O) groups is 2. The SMILES string of the molecule is CC1=C(C(=O)O[C@H]2CCC[C@@H]2C)[C@@H](c2cccc([N+](=O)[O-])c2)NC(=O)N1. The van der Waals surface area contributed by atoms with Crippen molar-refractivity contribution in [3.05, 3.63) is 51.2 Å². The Morgan fingerprint density at radius 2 is 2.12 bits per heavy atom. The number of nitro benzene ring substituents is 1. The lowest BCUT2D eigenvalue weighted by Gasteiger charge is -2.29. The van der Waals surface area contributed by atoms with Crippen LogP contribution < -0.4 is 10.6 Å². The van der Waals surface area contributed by atoms with Crippen LogP contribution in [0.15, 0.2) is 35.5 Å². The topological polar surface area (TPSA) is 111 Å². The van der Waals surface area contributed by atoms with E-state index in [1.54, 1.807) is 13.0 Å². The minimum absolute atomic E-state index is 0.106. The number of nitrogens with zero attached hydrogens (tertiary/aromatic N) is 1. The Morgan fingerprint density at radius 3 is 2.77 bits per heavy atom. The summed E-state index contributed by atoms with van der Waals surface area (Å²) in [7, 11) is 0. The first kappa shape index (κ1) is 17.9. The van der Waals surface area contributed by atoms with E-state index < -0.39 is 23.0 Å². The van der Waals surface area contributed by atoms with Crippen molar-refractivity contribution >= 4 is 17.7 Å². The largest absolute Gasteiger partial charge is 0.459 e. The smallest absolute Gasteiger partial charge is 0.338 e. The van der Waals surface area contributed by atoms with Gasteiger partial charge in [-0.25, -0.2) is 9.59 Å². The van der Waals surface area contributed by atoms with Crippen molar-refractivity contribution in [3.63, 3.8) is 0 Å². The van der Waals surface area contributed by atoms with Crippen molar-refractivity contribution < 1.29 is 19.2 Å². The van der Waals surface area contributed by atoms with Gasteiger partial charge in [-0.15, -0.1) is 0 Å². The summed E-state index contributed by atoms with van der Waals surface area (Å²) in [6.07, 6.45) is 2.70. The summed E-state index contributed by atoms with van der Waals surface area (Å²) in [6, 6.07) is 4.62. The Balaban J connectivity index is 1.93. The van der Waals surface area contributed by atoms with Crippen molar-refractivity contribution in [2.24, 2.45) is 5.92 Å². The molecule has 8 nitrogen and oxygen atoms in total. The van der Waals surface area contributed by atoms with Gasteiger partial charge in [-0.1, -0.05) is 19.1 Å². The molecule has 1 saturated carbocycles. The van der Waals surface area contributed by atoms with E-state index in [0.29, 0.717) is 17.2 Å². The summed E-state index contributed by atoms with van der Waals surface area (Å²) in [5.74, 6) is -0.215. The minimum atomic E-state index is -0.798. The second-order valence-corrected chi connectivity index (χ2v) is 6.77. The number of urea groups is 1. The molecule has 2 N–H and O–H groups in total. The molecule has 26 heavy (non-hydrogen) atoms. The summed E-state index contributed by atoms with van der Waals surface area (Å²) in [5.41, 5.74) is 1.01. The molecule has 0 bridgehead atoms. The Labute approximate surface area is 150 Å². The molecule has 0 radical (unpaired) electrons. The van der Waals surface area contributed by atoms with E-state index in [9.17, 15) is 19.7 Å². The van der Waals surface area contributed by atoms with Crippen LogP contribution >= 0.6 is 0 Å². The molecule has 1 aromatic carbocycles. The van der Waals surface area contributed by atoms with Crippen LogP contribution in [0, 0.1) is 16.0 Å². The summed E-state index contributed by atoms with van der Waals surface area (Å²) >= 11 is 0. The molecule has 0 spiro atoms. The lowest BCUT2D eigenvalue weighted by atomic mass is 9.95. The molecule has 1 aromatic rings. The van der Waals surface area contributed by atoms with Gasteiger partial charge in [0.2, 0.25) is 0 Å². The number of nitro groups is 1. The molecule has 1 aliphatic heterocycles. The van der Waals surface area contributed by atoms with Crippen molar-refractivity contribution in [3.8, 4) is 0 Å². The molecular formula is C18H21N3O5. The van der Waals surface area contributed by atoms with E-state index >= 15 is 0 Å². The summed E-state index contributed by atoms with van der Waals surface area (Å²) < 4.78 is 5.68. The molecule has 1 heterocycles. The fourth-order valence-electron chi connectivity index (χ4n) is 3.52. The van der Waals surface area contributed by atoms with Crippen LogP contribution in [0.1, 0.15) is 44.7 Å². The van der Waals surface area contributed by atoms with Gasteiger partial charge in [-0.05, 0) is 37.7 Å². The van der Waals surface area contributed by atoms with Crippen molar-refractivity contribution in [1.82, 2.24) is 10.6 Å². The normalized spacial score (nSPS) is 25.5.